The average Bonchev–Trinajstić information content (AvgIpc) is 2.42. The Labute approximate surface area is 119 Å². The molecular weight excluding hydrogens is 282 g/mol. The summed E-state index contributed by atoms with van der Waals surface area (Å²) in [6, 6.07) is 3.16. The number of hydrogen-bond acceptors (Lipinski definition) is 5. The van der Waals surface area contributed by atoms with Gasteiger partial charge in [0.1, 0.15) is 6.61 Å². The Morgan fingerprint density at radius 1 is 1.10 bits per heavy atom. The van der Waals surface area contributed by atoms with Crippen molar-refractivity contribution in [1.29, 1.82) is 0 Å². The van der Waals surface area contributed by atoms with Crippen molar-refractivity contribution in [2.75, 3.05) is 13.2 Å². The summed E-state index contributed by atoms with van der Waals surface area (Å²) >= 11 is 0. The van der Waals surface area contributed by atoms with Gasteiger partial charge in [-0.15, -0.1) is 0 Å². The van der Waals surface area contributed by atoms with E-state index in [1.54, 1.807) is 0 Å². The van der Waals surface area contributed by atoms with Crippen LogP contribution >= 0.6 is 0 Å². The fourth-order valence-electron chi connectivity index (χ4n) is 1.51. The van der Waals surface area contributed by atoms with Gasteiger partial charge in [0.15, 0.2) is 0 Å². The number of carboxylic acids is 2. The lowest BCUT2D eigenvalue weighted by Gasteiger charge is -2.08. The first-order valence-corrected chi connectivity index (χ1v) is 5.85. The first kappa shape index (κ1) is 16.2. The topological polar surface area (TPSA) is 130 Å². The van der Waals surface area contributed by atoms with Gasteiger partial charge in [0.05, 0.1) is 23.2 Å². The number of amides is 1. The number of rotatable bonds is 6. The Hall–Kier alpha value is -2.90. The number of esters is 1. The zero-order chi connectivity index (χ0) is 16.0. The molecule has 3 N–H and O–H groups in total. The standard InChI is InChI=1S/C13H13NO7/c1-7(15)21-5-4-14-11(16)9-3-2-8(12(17)18)6-10(9)13(19)20/h2-3,6H,4-5H2,1H3,(H,14,16)(H,17,18)(H,19,20). The molecule has 0 saturated carbocycles. The molecule has 0 aliphatic heterocycles. The minimum atomic E-state index is -1.41. The zero-order valence-electron chi connectivity index (χ0n) is 11.1. The smallest absolute Gasteiger partial charge is 0.336 e. The Balaban J connectivity index is 2.86. The first-order valence-electron chi connectivity index (χ1n) is 5.85. The van der Waals surface area contributed by atoms with Gasteiger partial charge in [0, 0.05) is 6.92 Å². The summed E-state index contributed by atoms with van der Waals surface area (Å²) in [5, 5.41) is 20.2. The van der Waals surface area contributed by atoms with Crippen LogP contribution in [0.3, 0.4) is 0 Å². The fourth-order valence-corrected chi connectivity index (χ4v) is 1.51. The van der Waals surface area contributed by atoms with Gasteiger partial charge in [-0.25, -0.2) is 9.59 Å². The van der Waals surface area contributed by atoms with Gasteiger partial charge in [0.2, 0.25) is 0 Å². The summed E-state index contributed by atoms with van der Waals surface area (Å²) in [6.45, 7) is 1.18. The molecule has 0 saturated heterocycles. The minimum Gasteiger partial charge on any atom is -0.478 e. The van der Waals surface area contributed by atoms with Crippen LogP contribution < -0.4 is 5.32 Å². The van der Waals surface area contributed by atoms with E-state index in [-0.39, 0.29) is 24.3 Å². The highest BCUT2D eigenvalue weighted by atomic mass is 16.5. The molecule has 21 heavy (non-hydrogen) atoms. The summed E-state index contributed by atoms with van der Waals surface area (Å²) in [7, 11) is 0. The molecule has 1 aromatic rings. The van der Waals surface area contributed by atoms with Crippen molar-refractivity contribution in [1.82, 2.24) is 5.32 Å². The van der Waals surface area contributed by atoms with Crippen LogP contribution in [0.25, 0.3) is 0 Å². The SMILES string of the molecule is CC(=O)OCCNC(=O)c1ccc(C(=O)O)cc1C(=O)O. The van der Waals surface area contributed by atoms with Gasteiger partial charge in [-0.1, -0.05) is 0 Å². The first-order chi connectivity index (χ1) is 9.82. The maximum absolute atomic E-state index is 11.8. The monoisotopic (exact) mass is 295 g/mol. The summed E-state index contributed by atoms with van der Waals surface area (Å²) in [6.07, 6.45) is 0. The molecule has 8 heteroatoms. The average molecular weight is 295 g/mol. The third kappa shape index (κ3) is 4.60. The second kappa shape index (κ2) is 7.04. The van der Waals surface area contributed by atoms with Crippen molar-refractivity contribution in [2.24, 2.45) is 0 Å². The largest absolute Gasteiger partial charge is 0.478 e. The summed E-state index contributed by atoms with van der Waals surface area (Å²) in [5.41, 5.74) is -0.820. The molecule has 0 fully saturated rings. The number of carbonyl (C=O) groups is 4. The Morgan fingerprint density at radius 3 is 2.29 bits per heavy atom. The lowest BCUT2D eigenvalue weighted by Crippen LogP contribution is -2.29. The van der Waals surface area contributed by atoms with Crippen LogP contribution in [0.4, 0.5) is 0 Å². The highest BCUT2D eigenvalue weighted by Crippen LogP contribution is 2.12. The highest BCUT2D eigenvalue weighted by Gasteiger charge is 2.18. The van der Waals surface area contributed by atoms with Crippen molar-refractivity contribution >= 4 is 23.8 Å². The van der Waals surface area contributed by atoms with Crippen LogP contribution in [0, 0.1) is 0 Å². The Bertz CT molecular complexity index is 594. The van der Waals surface area contributed by atoms with Crippen LogP contribution in [-0.2, 0) is 9.53 Å². The van der Waals surface area contributed by atoms with Gasteiger partial charge in [-0.3, -0.25) is 9.59 Å². The van der Waals surface area contributed by atoms with Crippen molar-refractivity contribution in [2.45, 2.75) is 6.92 Å². The predicted octanol–water partition coefficient (Wildman–Crippen LogP) is 0.376. The Morgan fingerprint density at radius 2 is 1.76 bits per heavy atom. The molecule has 0 aliphatic carbocycles. The van der Waals surface area contributed by atoms with E-state index in [4.69, 9.17) is 10.2 Å². The molecule has 1 rings (SSSR count). The van der Waals surface area contributed by atoms with Crippen LogP contribution in [0.1, 0.15) is 38.0 Å². The van der Waals surface area contributed by atoms with Gasteiger partial charge >= 0.3 is 17.9 Å². The van der Waals surface area contributed by atoms with E-state index in [2.05, 4.69) is 10.1 Å². The van der Waals surface area contributed by atoms with Crippen molar-refractivity contribution in [3.05, 3.63) is 34.9 Å². The van der Waals surface area contributed by atoms with E-state index >= 15 is 0 Å². The van der Waals surface area contributed by atoms with Gasteiger partial charge < -0.3 is 20.3 Å². The number of aromatic carboxylic acids is 2. The number of carboxylic acid groups (broad SMARTS) is 2. The van der Waals surface area contributed by atoms with Crippen LogP contribution in [0.5, 0.6) is 0 Å². The predicted molar refractivity (Wildman–Crippen MR) is 69.3 cm³/mol. The van der Waals surface area contributed by atoms with E-state index in [1.165, 1.54) is 6.92 Å². The maximum atomic E-state index is 11.8. The number of hydrogen-bond donors (Lipinski definition) is 3. The minimum absolute atomic E-state index is 0.0121. The summed E-state index contributed by atoms with van der Waals surface area (Å²) in [4.78, 5) is 44.2. The lowest BCUT2D eigenvalue weighted by atomic mass is 10.0. The number of benzene rings is 1. The molecular formula is C13H13NO7. The normalized spacial score (nSPS) is 9.76. The van der Waals surface area contributed by atoms with E-state index in [9.17, 15) is 19.2 Å². The molecule has 0 aromatic heterocycles. The molecule has 0 bridgehead atoms. The molecule has 0 unspecified atom stereocenters. The Kier molecular flexibility index (Phi) is 5.41. The molecule has 8 nitrogen and oxygen atoms in total. The van der Waals surface area contributed by atoms with E-state index in [1.807, 2.05) is 0 Å². The summed E-state index contributed by atoms with van der Waals surface area (Å²) < 4.78 is 4.61. The number of nitrogens with one attached hydrogen (secondary N) is 1. The molecule has 0 radical (unpaired) electrons. The quantitative estimate of drug-likeness (QED) is 0.510. The van der Waals surface area contributed by atoms with Gasteiger partial charge in [-0.2, -0.15) is 0 Å². The van der Waals surface area contributed by atoms with Gasteiger partial charge in [-0.05, 0) is 18.2 Å². The maximum Gasteiger partial charge on any atom is 0.336 e. The highest BCUT2D eigenvalue weighted by molar-refractivity contribution is 6.06. The van der Waals surface area contributed by atoms with Crippen LogP contribution in [0.2, 0.25) is 0 Å². The van der Waals surface area contributed by atoms with E-state index in [0.29, 0.717) is 0 Å². The molecule has 1 amide bonds. The third-order valence-corrected chi connectivity index (χ3v) is 2.43. The molecule has 1 aromatic carbocycles. The summed E-state index contributed by atoms with van der Waals surface area (Å²) in [5.74, 6) is -3.90. The fraction of sp³-hybridized carbons (Fsp3) is 0.231. The second-order valence-electron chi connectivity index (χ2n) is 3.97. The van der Waals surface area contributed by atoms with E-state index < -0.39 is 29.4 Å². The molecule has 0 aliphatic rings. The van der Waals surface area contributed by atoms with Crippen LogP contribution in [-0.4, -0.2) is 47.2 Å². The van der Waals surface area contributed by atoms with E-state index in [0.717, 1.165) is 18.2 Å². The number of ether oxygens (including phenoxy) is 1. The lowest BCUT2D eigenvalue weighted by molar-refractivity contribution is -0.140. The molecule has 0 heterocycles. The third-order valence-electron chi connectivity index (χ3n) is 2.43. The molecule has 112 valence electrons. The second-order valence-corrected chi connectivity index (χ2v) is 3.97. The zero-order valence-corrected chi connectivity index (χ0v) is 11.1. The molecule has 0 spiro atoms. The van der Waals surface area contributed by atoms with Crippen molar-refractivity contribution < 1.29 is 34.1 Å². The van der Waals surface area contributed by atoms with Crippen molar-refractivity contribution in [3.63, 3.8) is 0 Å². The van der Waals surface area contributed by atoms with Crippen LogP contribution in [0.15, 0.2) is 18.2 Å². The molecule has 0 atom stereocenters. The number of carbonyl (C=O) groups excluding carboxylic acids is 2. The van der Waals surface area contributed by atoms with Gasteiger partial charge in [0.25, 0.3) is 5.91 Å². The van der Waals surface area contributed by atoms with Crippen molar-refractivity contribution in [3.8, 4) is 0 Å².